The van der Waals surface area contributed by atoms with Crippen molar-refractivity contribution in [1.29, 1.82) is 0 Å². The molecule has 1 atom stereocenters. The normalized spacial score (nSPS) is 16.6. The lowest BCUT2D eigenvalue weighted by Gasteiger charge is -2.23. The largest absolute Gasteiger partial charge is 0.333 e. The Balaban J connectivity index is 1.37. The van der Waals surface area contributed by atoms with Crippen LogP contribution < -0.4 is 5.32 Å². The predicted octanol–water partition coefficient (Wildman–Crippen LogP) is 4.45. The number of thiazole rings is 2. The summed E-state index contributed by atoms with van der Waals surface area (Å²) >= 11 is 3.11. The Labute approximate surface area is 171 Å². The van der Waals surface area contributed by atoms with E-state index in [4.69, 9.17) is 4.98 Å². The highest BCUT2D eigenvalue weighted by Gasteiger charge is 2.32. The van der Waals surface area contributed by atoms with Crippen LogP contribution in [0.1, 0.15) is 47.3 Å². The van der Waals surface area contributed by atoms with Crippen LogP contribution in [0.4, 0.5) is 5.13 Å². The number of carbonyl (C=O) groups is 2. The van der Waals surface area contributed by atoms with Gasteiger partial charge in [0.25, 0.3) is 0 Å². The molecule has 28 heavy (non-hydrogen) atoms. The Morgan fingerprint density at radius 2 is 2.00 bits per heavy atom. The molecule has 6 nitrogen and oxygen atoms in total. The van der Waals surface area contributed by atoms with Crippen LogP contribution in [0.5, 0.6) is 0 Å². The number of amides is 2. The molecule has 8 heteroatoms. The molecule has 0 radical (unpaired) electrons. The third-order valence-electron chi connectivity index (χ3n) is 5.01. The number of hydrogen-bond acceptors (Lipinski definition) is 6. The molecular formula is C20H22N4O2S2. The summed E-state index contributed by atoms with van der Waals surface area (Å²) < 4.78 is 1.14. The Bertz CT molecular complexity index is 974. The van der Waals surface area contributed by atoms with Crippen LogP contribution in [-0.2, 0) is 9.59 Å². The zero-order valence-electron chi connectivity index (χ0n) is 15.9. The van der Waals surface area contributed by atoms with Crippen molar-refractivity contribution in [1.82, 2.24) is 14.9 Å². The molecule has 2 aromatic heterocycles. The van der Waals surface area contributed by atoms with Crippen LogP contribution in [0, 0.1) is 13.8 Å². The van der Waals surface area contributed by atoms with Gasteiger partial charge in [-0.2, -0.15) is 0 Å². The lowest BCUT2D eigenvalue weighted by Crippen LogP contribution is -2.31. The average molecular weight is 415 g/mol. The number of anilines is 1. The van der Waals surface area contributed by atoms with Gasteiger partial charge in [-0.15, -0.1) is 22.7 Å². The van der Waals surface area contributed by atoms with Gasteiger partial charge in [0.1, 0.15) is 5.01 Å². The topological polar surface area (TPSA) is 75.2 Å². The van der Waals surface area contributed by atoms with Crippen molar-refractivity contribution < 1.29 is 9.59 Å². The molecule has 1 fully saturated rings. The quantitative estimate of drug-likeness (QED) is 0.669. The van der Waals surface area contributed by atoms with Gasteiger partial charge in [0.2, 0.25) is 11.8 Å². The van der Waals surface area contributed by atoms with Crippen LogP contribution in [0.25, 0.3) is 10.2 Å². The van der Waals surface area contributed by atoms with Gasteiger partial charge in [-0.25, -0.2) is 9.97 Å². The third-order valence-corrected chi connectivity index (χ3v) is 7.14. The summed E-state index contributed by atoms with van der Waals surface area (Å²) in [4.78, 5) is 37.0. The average Bonchev–Trinajstić information content (AvgIpc) is 3.38. The van der Waals surface area contributed by atoms with Crippen molar-refractivity contribution >= 4 is 49.8 Å². The van der Waals surface area contributed by atoms with E-state index in [2.05, 4.69) is 16.4 Å². The van der Waals surface area contributed by atoms with E-state index in [1.54, 1.807) is 11.3 Å². The molecule has 0 saturated carbocycles. The number of hydrogen-bond donors (Lipinski definition) is 1. The number of carbonyl (C=O) groups excluding carboxylic acids is 2. The number of benzene rings is 1. The first-order valence-electron chi connectivity index (χ1n) is 9.40. The molecule has 0 bridgehead atoms. The van der Waals surface area contributed by atoms with Crippen LogP contribution in [0.15, 0.2) is 24.3 Å². The van der Waals surface area contributed by atoms with Crippen molar-refractivity contribution in [3.63, 3.8) is 0 Å². The first-order valence-corrected chi connectivity index (χ1v) is 11.0. The minimum Gasteiger partial charge on any atom is -0.333 e. The maximum atomic E-state index is 12.8. The van der Waals surface area contributed by atoms with Gasteiger partial charge in [-0.3, -0.25) is 9.59 Å². The van der Waals surface area contributed by atoms with E-state index in [0.717, 1.165) is 45.2 Å². The van der Waals surface area contributed by atoms with E-state index in [1.165, 1.54) is 11.3 Å². The molecule has 1 aliphatic heterocycles. The number of fused-ring (bicyclic) bond motifs is 1. The van der Waals surface area contributed by atoms with E-state index in [0.29, 0.717) is 5.13 Å². The van der Waals surface area contributed by atoms with Crippen LogP contribution in [-0.4, -0.2) is 33.2 Å². The number of rotatable bonds is 5. The first-order chi connectivity index (χ1) is 13.5. The first kappa shape index (κ1) is 19.0. The molecule has 4 rings (SSSR count). The second kappa shape index (κ2) is 7.97. The number of nitrogens with zero attached hydrogens (tertiary/aromatic N) is 3. The molecule has 3 aromatic rings. The number of aromatic nitrogens is 2. The van der Waals surface area contributed by atoms with E-state index in [1.807, 2.05) is 36.9 Å². The van der Waals surface area contributed by atoms with Crippen molar-refractivity contribution in [2.45, 2.75) is 45.6 Å². The molecular weight excluding hydrogens is 392 g/mol. The second-order valence-electron chi connectivity index (χ2n) is 6.97. The van der Waals surface area contributed by atoms with E-state index in [9.17, 15) is 9.59 Å². The molecule has 146 valence electrons. The van der Waals surface area contributed by atoms with Crippen LogP contribution in [0.2, 0.25) is 0 Å². The molecule has 0 spiro atoms. The Kier molecular flexibility index (Phi) is 5.41. The standard InChI is InChI=1S/C20H22N4O2S2/c1-12-13(2)27-20(21-12)23-17(25)9-10-18(26)24-11-5-7-15(24)19-22-14-6-3-4-8-16(14)28-19/h3-4,6,8,15H,5,7,9-11H2,1-2H3,(H,21,23,25)/t15-/m1/s1. The Hall–Kier alpha value is -2.32. The van der Waals surface area contributed by atoms with Crippen LogP contribution in [0.3, 0.4) is 0 Å². The summed E-state index contributed by atoms with van der Waals surface area (Å²) in [6.45, 7) is 4.62. The van der Waals surface area contributed by atoms with Gasteiger partial charge in [0.05, 0.1) is 22.0 Å². The fourth-order valence-electron chi connectivity index (χ4n) is 3.43. The van der Waals surface area contributed by atoms with Gasteiger partial charge in [0.15, 0.2) is 5.13 Å². The zero-order chi connectivity index (χ0) is 19.7. The van der Waals surface area contributed by atoms with Crippen LogP contribution >= 0.6 is 22.7 Å². The van der Waals surface area contributed by atoms with Crippen molar-refractivity contribution in [2.75, 3.05) is 11.9 Å². The van der Waals surface area contributed by atoms with Crippen molar-refractivity contribution in [2.24, 2.45) is 0 Å². The smallest absolute Gasteiger partial charge is 0.226 e. The molecule has 1 N–H and O–H groups in total. The number of para-hydroxylation sites is 1. The SMILES string of the molecule is Cc1nc(NC(=O)CCC(=O)N2CCC[C@@H]2c2nc3ccccc3s2)sc1C. The fraction of sp³-hybridized carbons (Fsp3) is 0.400. The fourth-order valence-corrected chi connectivity index (χ4v) is 5.37. The number of likely N-dealkylation sites (tertiary alicyclic amines) is 1. The summed E-state index contributed by atoms with van der Waals surface area (Å²) in [5.41, 5.74) is 1.90. The summed E-state index contributed by atoms with van der Waals surface area (Å²) in [5, 5.41) is 4.39. The maximum absolute atomic E-state index is 12.8. The Morgan fingerprint density at radius 1 is 1.18 bits per heavy atom. The van der Waals surface area contributed by atoms with E-state index < -0.39 is 0 Å². The summed E-state index contributed by atoms with van der Waals surface area (Å²) in [7, 11) is 0. The monoisotopic (exact) mass is 414 g/mol. The molecule has 1 saturated heterocycles. The van der Waals surface area contributed by atoms with E-state index >= 15 is 0 Å². The minimum absolute atomic E-state index is 0.0170. The van der Waals surface area contributed by atoms with E-state index in [-0.39, 0.29) is 30.7 Å². The summed E-state index contributed by atoms with van der Waals surface area (Å²) in [6, 6.07) is 8.07. The molecule has 1 aromatic carbocycles. The lowest BCUT2D eigenvalue weighted by atomic mass is 10.2. The predicted molar refractivity (Wildman–Crippen MR) is 113 cm³/mol. The third kappa shape index (κ3) is 3.93. The van der Waals surface area contributed by atoms with Gasteiger partial charge < -0.3 is 10.2 Å². The number of aryl methyl sites for hydroxylation is 2. The van der Waals surface area contributed by atoms with Gasteiger partial charge in [-0.05, 0) is 38.8 Å². The van der Waals surface area contributed by atoms with Gasteiger partial charge in [0, 0.05) is 24.3 Å². The minimum atomic E-state index is -0.169. The maximum Gasteiger partial charge on any atom is 0.226 e. The highest BCUT2D eigenvalue weighted by Crippen LogP contribution is 2.36. The second-order valence-corrected chi connectivity index (χ2v) is 9.24. The van der Waals surface area contributed by atoms with Crippen molar-refractivity contribution in [3.8, 4) is 0 Å². The number of nitrogens with one attached hydrogen (secondary N) is 1. The summed E-state index contributed by atoms with van der Waals surface area (Å²) in [6.07, 6.45) is 2.27. The molecule has 3 heterocycles. The molecule has 0 unspecified atom stereocenters. The zero-order valence-corrected chi connectivity index (χ0v) is 17.5. The Morgan fingerprint density at radius 3 is 2.75 bits per heavy atom. The van der Waals surface area contributed by atoms with Gasteiger partial charge >= 0.3 is 0 Å². The molecule has 2 amide bonds. The summed E-state index contributed by atoms with van der Waals surface area (Å²) in [5.74, 6) is -0.152. The highest BCUT2D eigenvalue weighted by atomic mass is 32.1. The highest BCUT2D eigenvalue weighted by molar-refractivity contribution is 7.18. The lowest BCUT2D eigenvalue weighted by molar-refractivity contribution is -0.133. The van der Waals surface area contributed by atoms with Crippen molar-refractivity contribution in [3.05, 3.63) is 39.8 Å². The molecule has 0 aliphatic carbocycles. The van der Waals surface area contributed by atoms with Gasteiger partial charge in [-0.1, -0.05) is 12.1 Å². The molecule has 1 aliphatic rings.